The van der Waals surface area contributed by atoms with Gasteiger partial charge in [-0.15, -0.1) is 0 Å². The van der Waals surface area contributed by atoms with Gasteiger partial charge in [0.05, 0.1) is 0 Å². The fourth-order valence-electron chi connectivity index (χ4n) is 3.02. The predicted molar refractivity (Wildman–Crippen MR) is 48.8 cm³/mol. The number of carbonyl (C=O) groups is 1. The van der Waals surface area contributed by atoms with Gasteiger partial charge >= 0.3 is 0 Å². The fraction of sp³-hybridized carbons (Fsp3) is 0.909. The van der Waals surface area contributed by atoms with E-state index >= 15 is 0 Å². The normalized spacial score (nSPS) is 39.4. The van der Waals surface area contributed by atoms with Crippen molar-refractivity contribution in [2.24, 2.45) is 23.7 Å². The lowest BCUT2D eigenvalue weighted by molar-refractivity contribution is -0.127. The van der Waals surface area contributed by atoms with Gasteiger partial charge in [0.25, 0.3) is 0 Å². The van der Waals surface area contributed by atoms with Gasteiger partial charge in [0.15, 0.2) is 0 Å². The molecule has 2 fully saturated rings. The average molecular weight is 166 g/mol. The minimum atomic E-state index is 0.259. The Morgan fingerprint density at radius 1 is 1.25 bits per heavy atom. The molecule has 2 saturated carbocycles. The molecule has 68 valence electrons. The molecule has 0 spiro atoms. The number of rotatable bonds is 2. The molecule has 12 heavy (non-hydrogen) atoms. The van der Waals surface area contributed by atoms with E-state index in [1.165, 1.54) is 25.7 Å². The van der Waals surface area contributed by atoms with Gasteiger partial charge in [0, 0.05) is 11.8 Å². The highest BCUT2D eigenvalue weighted by molar-refractivity contribution is 5.83. The fourth-order valence-corrected chi connectivity index (χ4v) is 3.02. The maximum Gasteiger partial charge on any atom is 0.138 e. The van der Waals surface area contributed by atoms with Gasteiger partial charge in [0.2, 0.25) is 0 Å². The van der Waals surface area contributed by atoms with Crippen molar-refractivity contribution >= 4 is 5.78 Å². The van der Waals surface area contributed by atoms with Gasteiger partial charge in [0.1, 0.15) is 5.78 Å². The topological polar surface area (TPSA) is 17.1 Å². The van der Waals surface area contributed by atoms with E-state index < -0.39 is 0 Å². The first-order chi connectivity index (χ1) is 5.68. The zero-order chi connectivity index (χ0) is 8.72. The number of hydrogen-bond acceptors (Lipinski definition) is 1. The summed E-state index contributed by atoms with van der Waals surface area (Å²) in [6.45, 7) is 4.07. The van der Waals surface area contributed by atoms with Crippen LogP contribution in [0, 0.1) is 23.7 Å². The Morgan fingerprint density at radius 2 is 2.00 bits per heavy atom. The molecule has 0 saturated heterocycles. The number of hydrogen-bond donors (Lipinski definition) is 0. The Hall–Kier alpha value is -0.330. The Morgan fingerprint density at radius 3 is 2.42 bits per heavy atom. The first-order valence-corrected chi connectivity index (χ1v) is 5.22. The lowest BCUT2D eigenvalue weighted by Crippen LogP contribution is -2.24. The van der Waals surface area contributed by atoms with E-state index in [2.05, 4.69) is 0 Å². The van der Waals surface area contributed by atoms with E-state index in [0.717, 1.165) is 11.8 Å². The Balaban J connectivity index is 2.02. The molecule has 0 aliphatic heterocycles. The van der Waals surface area contributed by atoms with Crippen LogP contribution in [-0.4, -0.2) is 5.78 Å². The molecular formula is C11H18O. The van der Waals surface area contributed by atoms with E-state index in [4.69, 9.17) is 0 Å². The van der Waals surface area contributed by atoms with E-state index in [0.29, 0.717) is 11.7 Å². The highest BCUT2D eigenvalue weighted by Gasteiger charge is 2.43. The molecular weight excluding hydrogens is 148 g/mol. The number of Topliss-reactive ketones (excluding diaryl/α,β-unsaturated/α-hetero) is 1. The summed E-state index contributed by atoms with van der Waals surface area (Å²) < 4.78 is 0. The van der Waals surface area contributed by atoms with E-state index in [-0.39, 0.29) is 5.92 Å². The van der Waals surface area contributed by atoms with Crippen molar-refractivity contribution in [1.82, 2.24) is 0 Å². The molecule has 0 radical (unpaired) electrons. The molecule has 0 aromatic rings. The van der Waals surface area contributed by atoms with Crippen molar-refractivity contribution in [2.75, 3.05) is 0 Å². The molecule has 2 aliphatic carbocycles. The molecule has 2 rings (SSSR count). The molecule has 1 nitrogen and oxygen atoms in total. The number of ketones is 1. The summed E-state index contributed by atoms with van der Waals surface area (Å²) in [6, 6.07) is 0. The van der Waals surface area contributed by atoms with Crippen molar-refractivity contribution in [3.8, 4) is 0 Å². The standard InChI is InChI=1S/C11H18O/c1-7(2)11(12)10-6-8-3-4-9(10)5-8/h7-10H,3-6H2,1-2H3. The van der Waals surface area contributed by atoms with Crippen LogP contribution in [0.3, 0.4) is 0 Å². The molecule has 0 heterocycles. The van der Waals surface area contributed by atoms with Gasteiger partial charge in [-0.25, -0.2) is 0 Å². The molecule has 0 N–H and O–H groups in total. The smallest absolute Gasteiger partial charge is 0.138 e. The van der Waals surface area contributed by atoms with Crippen LogP contribution < -0.4 is 0 Å². The van der Waals surface area contributed by atoms with Crippen LogP contribution in [0.25, 0.3) is 0 Å². The lowest BCUT2D eigenvalue weighted by atomic mass is 9.82. The third-order valence-electron chi connectivity index (χ3n) is 3.67. The van der Waals surface area contributed by atoms with Crippen LogP contribution in [0.2, 0.25) is 0 Å². The van der Waals surface area contributed by atoms with Gasteiger partial charge in [-0.2, -0.15) is 0 Å². The maximum absolute atomic E-state index is 11.7. The zero-order valence-corrected chi connectivity index (χ0v) is 8.05. The second-order valence-corrected chi connectivity index (χ2v) is 4.84. The molecule has 3 atom stereocenters. The SMILES string of the molecule is CC(C)C(=O)C1CC2CCC1C2. The first kappa shape index (κ1) is 8.28. The molecule has 3 unspecified atom stereocenters. The van der Waals surface area contributed by atoms with E-state index in [1.54, 1.807) is 0 Å². The quantitative estimate of drug-likeness (QED) is 0.616. The third-order valence-corrected chi connectivity index (χ3v) is 3.67. The molecule has 0 aromatic heterocycles. The van der Waals surface area contributed by atoms with Crippen LogP contribution in [0.5, 0.6) is 0 Å². The largest absolute Gasteiger partial charge is 0.299 e. The van der Waals surface area contributed by atoms with Crippen LogP contribution in [0.4, 0.5) is 0 Å². The zero-order valence-electron chi connectivity index (χ0n) is 8.05. The monoisotopic (exact) mass is 166 g/mol. The summed E-state index contributed by atoms with van der Waals surface area (Å²) in [5, 5.41) is 0. The minimum Gasteiger partial charge on any atom is -0.299 e. The Kier molecular flexibility index (Phi) is 1.97. The van der Waals surface area contributed by atoms with Crippen molar-refractivity contribution in [3.63, 3.8) is 0 Å². The van der Waals surface area contributed by atoms with Crippen molar-refractivity contribution in [3.05, 3.63) is 0 Å². The molecule has 2 aliphatic rings. The highest BCUT2D eigenvalue weighted by Crippen LogP contribution is 2.49. The number of carbonyl (C=O) groups excluding carboxylic acids is 1. The molecule has 1 heteroatoms. The third kappa shape index (κ3) is 1.19. The minimum absolute atomic E-state index is 0.259. The van der Waals surface area contributed by atoms with Gasteiger partial charge in [-0.05, 0) is 31.1 Å². The summed E-state index contributed by atoms with van der Waals surface area (Å²) in [4.78, 5) is 11.7. The van der Waals surface area contributed by atoms with Crippen LogP contribution in [-0.2, 0) is 4.79 Å². The molecule has 2 bridgehead atoms. The Bertz CT molecular complexity index is 195. The second kappa shape index (κ2) is 2.86. The predicted octanol–water partition coefficient (Wildman–Crippen LogP) is 2.65. The van der Waals surface area contributed by atoms with Gasteiger partial charge in [-0.1, -0.05) is 20.3 Å². The Labute approximate surface area is 74.5 Å². The summed E-state index contributed by atoms with van der Waals surface area (Å²) in [6.07, 6.45) is 5.28. The van der Waals surface area contributed by atoms with Gasteiger partial charge in [-0.3, -0.25) is 4.79 Å². The summed E-state index contributed by atoms with van der Waals surface area (Å²) >= 11 is 0. The first-order valence-electron chi connectivity index (χ1n) is 5.22. The van der Waals surface area contributed by atoms with E-state index in [1.807, 2.05) is 13.8 Å². The van der Waals surface area contributed by atoms with Crippen LogP contribution >= 0.6 is 0 Å². The summed E-state index contributed by atoms with van der Waals surface area (Å²) in [5.41, 5.74) is 0. The van der Waals surface area contributed by atoms with Gasteiger partial charge < -0.3 is 0 Å². The summed E-state index contributed by atoms with van der Waals surface area (Å²) in [5.74, 6) is 2.91. The van der Waals surface area contributed by atoms with Crippen molar-refractivity contribution in [1.29, 1.82) is 0 Å². The van der Waals surface area contributed by atoms with Crippen molar-refractivity contribution in [2.45, 2.75) is 39.5 Å². The number of fused-ring (bicyclic) bond motifs is 2. The molecule has 0 aromatic carbocycles. The second-order valence-electron chi connectivity index (χ2n) is 4.84. The summed E-state index contributed by atoms with van der Waals surface area (Å²) in [7, 11) is 0. The highest BCUT2D eigenvalue weighted by atomic mass is 16.1. The maximum atomic E-state index is 11.7. The molecule has 0 amide bonds. The van der Waals surface area contributed by atoms with E-state index in [9.17, 15) is 4.79 Å². The average Bonchev–Trinajstić information content (AvgIpc) is 2.62. The van der Waals surface area contributed by atoms with Crippen LogP contribution in [0.15, 0.2) is 0 Å². The lowest BCUT2D eigenvalue weighted by Gasteiger charge is -2.21. The van der Waals surface area contributed by atoms with Crippen LogP contribution in [0.1, 0.15) is 39.5 Å². The van der Waals surface area contributed by atoms with Crippen molar-refractivity contribution < 1.29 is 4.79 Å².